The van der Waals surface area contributed by atoms with Crippen LogP contribution in [0.3, 0.4) is 0 Å². The lowest BCUT2D eigenvalue weighted by Gasteiger charge is -2.35. The molecule has 0 saturated heterocycles. The van der Waals surface area contributed by atoms with Crippen LogP contribution in [0.15, 0.2) is 36.9 Å². The molecule has 1 aliphatic rings. The molecule has 0 radical (unpaired) electrons. The van der Waals surface area contributed by atoms with E-state index in [0.29, 0.717) is 12.1 Å². The predicted molar refractivity (Wildman–Crippen MR) is 146 cm³/mol. The Morgan fingerprint density at radius 3 is 1.87 bits per heavy atom. The molecule has 1 aliphatic carbocycles. The molecule has 0 aliphatic heterocycles. The van der Waals surface area contributed by atoms with E-state index in [1.807, 2.05) is 28.7 Å². The van der Waals surface area contributed by atoms with Crippen molar-refractivity contribution >= 4 is 49.2 Å². The number of rotatable bonds is 6. The smallest absolute Gasteiger partial charge is 0.118 e. The summed E-state index contributed by atoms with van der Waals surface area (Å²) in [5, 5.41) is 2.93. The lowest BCUT2D eigenvalue weighted by atomic mass is 10.2. The van der Waals surface area contributed by atoms with E-state index >= 15 is 0 Å². The molecule has 0 unspecified atom stereocenters. The number of hydrogen-bond acceptors (Lipinski definition) is 3. The molecule has 0 atom stereocenters. The largest absolute Gasteiger partial charge is 0.490 e. The summed E-state index contributed by atoms with van der Waals surface area (Å²) >= 11 is 3.94. The van der Waals surface area contributed by atoms with Gasteiger partial charge in [0.2, 0.25) is 0 Å². The van der Waals surface area contributed by atoms with Gasteiger partial charge in [0.1, 0.15) is 12.4 Å². The zero-order valence-electron chi connectivity index (χ0n) is 20.1. The molecule has 164 valence electrons. The van der Waals surface area contributed by atoms with Crippen molar-refractivity contribution in [1.82, 2.24) is 0 Å². The maximum Gasteiger partial charge on any atom is 0.118 e. The van der Waals surface area contributed by atoms with E-state index < -0.39 is 16.1 Å². The number of hydrogen-bond donors (Lipinski definition) is 0. The Morgan fingerprint density at radius 1 is 0.871 bits per heavy atom. The van der Waals surface area contributed by atoms with Crippen LogP contribution in [0.1, 0.15) is 32.0 Å². The van der Waals surface area contributed by atoms with E-state index in [1.165, 1.54) is 35.4 Å². The average molecular weight is 483 g/mol. The van der Waals surface area contributed by atoms with Crippen molar-refractivity contribution in [2.45, 2.75) is 59.0 Å². The van der Waals surface area contributed by atoms with Crippen molar-refractivity contribution in [2.24, 2.45) is 0 Å². The van der Waals surface area contributed by atoms with Crippen LogP contribution in [0.4, 0.5) is 0 Å². The molecule has 4 rings (SSSR count). The van der Waals surface area contributed by atoms with Crippen molar-refractivity contribution in [3.63, 3.8) is 0 Å². The monoisotopic (exact) mass is 482 g/mol. The predicted octanol–water partition coefficient (Wildman–Crippen LogP) is 7.11. The van der Waals surface area contributed by atoms with Crippen molar-refractivity contribution in [1.29, 1.82) is 0 Å². The SMILES string of the molecule is C=CCOc1c([Si](C)(C)C)cc(C)cc1[Si](C)(C)C1c2cc(C)sc2-c2sc(C)cc21. The summed E-state index contributed by atoms with van der Waals surface area (Å²) in [4.78, 5) is 5.88. The van der Waals surface area contributed by atoms with Crippen LogP contribution >= 0.6 is 22.7 Å². The van der Waals surface area contributed by atoms with Crippen LogP contribution in [-0.4, -0.2) is 22.8 Å². The first-order valence-corrected chi connectivity index (χ1v) is 19.3. The number of benzene rings is 1. The van der Waals surface area contributed by atoms with E-state index in [-0.39, 0.29) is 0 Å². The summed E-state index contributed by atoms with van der Waals surface area (Å²) in [6, 6.07) is 9.74. The second-order valence-electron chi connectivity index (χ2n) is 10.5. The quantitative estimate of drug-likeness (QED) is 0.269. The van der Waals surface area contributed by atoms with Crippen LogP contribution in [-0.2, 0) is 0 Å². The minimum absolute atomic E-state index is 0.481. The summed E-state index contributed by atoms with van der Waals surface area (Å²) in [6.07, 6.45) is 1.88. The first-order chi connectivity index (χ1) is 14.4. The molecule has 0 bridgehead atoms. The topological polar surface area (TPSA) is 9.23 Å². The highest BCUT2D eigenvalue weighted by Crippen LogP contribution is 2.55. The Balaban J connectivity index is 1.97. The fraction of sp³-hybridized carbons (Fsp3) is 0.385. The number of ether oxygens (including phenoxy) is 1. The van der Waals surface area contributed by atoms with E-state index in [0.717, 1.165) is 5.75 Å². The van der Waals surface area contributed by atoms with Gasteiger partial charge in [-0.05, 0) is 54.4 Å². The van der Waals surface area contributed by atoms with E-state index in [1.54, 1.807) is 11.1 Å². The zero-order chi connectivity index (χ0) is 22.7. The summed E-state index contributed by atoms with van der Waals surface area (Å²) in [5.74, 6) is 1.16. The van der Waals surface area contributed by atoms with E-state index in [9.17, 15) is 0 Å². The second-order valence-corrected chi connectivity index (χ2v) is 22.6. The second kappa shape index (κ2) is 7.87. The number of thiophene rings is 2. The molecule has 2 aromatic heterocycles. The van der Waals surface area contributed by atoms with Gasteiger partial charge in [0.25, 0.3) is 0 Å². The Labute approximate surface area is 197 Å². The average Bonchev–Trinajstić information content (AvgIpc) is 3.28. The molecular formula is C26H34OS2Si2. The molecule has 0 amide bonds. The third kappa shape index (κ3) is 3.84. The van der Waals surface area contributed by atoms with Crippen molar-refractivity contribution < 1.29 is 4.74 Å². The molecule has 0 spiro atoms. The fourth-order valence-corrected chi connectivity index (χ4v) is 12.9. The van der Waals surface area contributed by atoms with Crippen molar-refractivity contribution in [3.8, 4) is 15.5 Å². The minimum Gasteiger partial charge on any atom is -0.490 e. The van der Waals surface area contributed by atoms with Crippen LogP contribution in [0.2, 0.25) is 32.7 Å². The minimum atomic E-state index is -1.98. The van der Waals surface area contributed by atoms with Crippen LogP contribution in [0.25, 0.3) is 9.75 Å². The Kier molecular flexibility index (Phi) is 5.78. The molecule has 0 fully saturated rings. The summed E-state index contributed by atoms with van der Waals surface area (Å²) in [6.45, 7) is 23.6. The maximum atomic E-state index is 6.49. The zero-order valence-corrected chi connectivity index (χ0v) is 23.7. The fourth-order valence-electron chi connectivity index (χ4n) is 5.06. The Morgan fingerprint density at radius 2 is 1.39 bits per heavy atom. The standard InChI is InChI=1S/C26H34OS2Si2/c1-10-11-27-23-21(30(5,6)7)12-16(2)13-22(23)31(8,9)26-19-14-17(3)28-24(19)25-20(26)15-18(4)29-25/h10,12-15,26H,1,11H2,2-9H3. The van der Waals surface area contributed by atoms with Gasteiger partial charge in [0, 0.05) is 25.0 Å². The molecule has 0 saturated carbocycles. The van der Waals surface area contributed by atoms with Crippen molar-refractivity contribution in [3.05, 3.63) is 63.4 Å². The van der Waals surface area contributed by atoms with Gasteiger partial charge in [-0.1, -0.05) is 63.1 Å². The normalized spacial score (nSPS) is 13.9. The van der Waals surface area contributed by atoms with Crippen LogP contribution in [0, 0.1) is 20.8 Å². The van der Waals surface area contributed by atoms with Gasteiger partial charge in [-0.3, -0.25) is 0 Å². The van der Waals surface area contributed by atoms with Crippen LogP contribution < -0.4 is 15.1 Å². The molecule has 2 heterocycles. The van der Waals surface area contributed by atoms with E-state index in [4.69, 9.17) is 4.74 Å². The van der Waals surface area contributed by atoms with Gasteiger partial charge in [0.15, 0.2) is 0 Å². The van der Waals surface area contributed by atoms with Crippen molar-refractivity contribution in [2.75, 3.05) is 6.61 Å². The Hall–Kier alpha value is -1.41. The molecule has 3 aromatic rings. The molecule has 31 heavy (non-hydrogen) atoms. The Bertz CT molecular complexity index is 1110. The van der Waals surface area contributed by atoms with Gasteiger partial charge >= 0.3 is 0 Å². The van der Waals surface area contributed by atoms with Gasteiger partial charge in [0.05, 0.1) is 16.1 Å². The molecule has 0 N–H and O–H groups in total. The summed E-state index contributed by atoms with van der Waals surface area (Å²) in [7, 11) is -3.56. The van der Waals surface area contributed by atoms with Crippen LogP contribution in [0.5, 0.6) is 5.75 Å². The van der Waals surface area contributed by atoms with Gasteiger partial charge in [-0.15, -0.1) is 22.7 Å². The molecular weight excluding hydrogens is 449 g/mol. The first-order valence-electron chi connectivity index (χ1n) is 11.1. The summed E-state index contributed by atoms with van der Waals surface area (Å²) < 4.78 is 6.49. The number of aryl methyl sites for hydroxylation is 3. The van der Waals surface area contributed by atoms with E-state index in [2.05, 4.69) is 84.4 Å². The maximum absolute atomic E-state index is 6.49. The van der Waals surface area contributed by atoms with Gasteiger partial charge in [-0.2, -0.15) is 0 Å². The molecule has 1 nitrogen and oxygen atoms in total. The molecule has 5 heteroatoms. The van der Waals surface area contributed by atoms with Gasteiger partial charge < -0.3 is 4.74 Å². The third-order valence-corrected chi connectivity index (χ3v) is 14.5. The number of fused-ring (bicyclic) bond motifs is 3. The highest BCUT2D eigenvalue weighted by atomic mass is 32.1. The first kappa shape index (κ1) is 22.8. The lowest BCUT2D eigenvalue weighted by molar-refractivity contribution is 0.368. The lowest BCUT2D eigenvalue weighted by Crippen LogP contribution is -2.52. The third-order valence-electron chi connectivity index (χ3n) is 6.40. The highest BCUT2D eigenvalue weighted by Gasteiger charge is 2.46. The summed E-state index contributed by atoms with van der Waals surface area (Å²) in [5.41, 5.74) is 4.97. The molecule has 1 aromatic carbocycles. The highest BCUT2D eigenvalue weighted by molar-refractivity contribution is 7.23. The van der Waals surface area contributed by atoms with Gasteiger partial charge in [-0.25, -0.2) is 0 Å².